The van der Waals surface area contributed by atoms with Crippen molar-refractivity contribution < 1.29 is 0 Å². The standard InChI is InChI=1S/C25H25N5/c1-16-12-28-25-21(16)11-18(13-29-25)17-9-19-14-30(20-4-7-26-8-5-20)15-23(19)22(10-17)24-3-2-6-27-24/h4-5,7-13,24,27H,2-3,6,14-15H2,1H3,(H,28,29)/t24-/m0/s1. The number of rotatable bonds is 3. The highest BCUT2D eigenvalue weighted by Gasteiger charge is 2.28. The Labute approximate surface area is 176 Å². The van der Waals surface area contributed by atoms with Crippen molar-refractivity contribution in [2.45, 2.75) is 38.9 Å². The molecule has 1 aromatic carbocycles. The van der Waals surface area contributed by atoms with Crippen LogP contribution in [0.3, 0.4) is 0 Å². The lowest BCUT2D eigenvalue weighted by atomic mass is 9.91. The van der Waals surface area contributed by atoms with Crippen LogP contribution in [-0.2, 0) is 13.1 Å². The number of fused-ring (bicyclic) bond motifs is 2. The van der Waals surface area contributed by atoms with E-state index in [4.69, 9.17) is 0 Å². The molecule has 6 rings (SSSR count). The Hall–Kier alpha value is -3.18. The maximum atomic E-state index is 4.67. The number of pyridine rings is 2. The molecule has 0 aliphatic carbocycles. The summed E-state index contributed by atoms with van der Waals surface area (Å²) in [4.78, 5) is 14.6. The van der Waals surface area contributed by atoms with Gasteiger partial charge in [-0.15, -0.1) is 0 Å². The van der Waals surface area contributed by atoms with Crippen LogP contribution < -0.4 is 10.2 Å². The lowest BCUT2D eigenvalue weighted by Gasteiger charge is -2.19. The van der Waals surface area contributed by atoms with E-state index >= 15 is 0 Å². The lowest BCUT2D eigenvalue weighted by molar-refractivity contribution is 0.641. The minimum absolute atomic E-state index is 0.446. The van der Waals surface area contributed by atoms with Gasteiger partial charge >= 0.3 is 0 Å². The molecule has 5 heterocycles. The van der Waals surface area contributed by atoms with Gasteiger partial charge in [-0.2, -0.15) is 0 Å². The molecule has 1 atom stereocenters. The van der Waals surface area contributed by atoms with Gasteiger partial charge in [-0.25, -0.2) is 4.98 Å². The van der Waals surface area contributed by atoms with Gasteiger partial charge in [-0.3, -0.25) is 4.98 Å². The Kier molecular flexibility index (Phi) is 4.09. The Morgan fingerprint density at radius 1 is 1.07 bits per heavy atom. The topological polar surface area (TPSA) is 56.8 Å². The fourth-order valence-electron chi connectivity index (χ4n) is 5.00. The molecule has 0 unspecified atom stereocenters. The number of aromatic amines is 1. The van der Waals surface area contributed by atoms with Gasteiger partial charge in [0.1, 0.15) is 5.65 Å². The van der Waals surface area contributed by atoms with Gasteiger partial charge in [-0.1, -0.05) is 0 Å². The Bertz CT molecular complexity index is 1220. The first-order valence-electron chi connectivity index (χ1n) is 10.7. The lowest BCUT2D eigenvalue weighted by Crippen LogP contribution is -2.17. The molecule has 0 radical (unpaired) electrons. The fourth-order valence-corrected chi connectivity index (χ4v) is 5.00. The third-order valence-electron chi connectivity index (χ3n) is 6.62. The second-order valence-electron chi connectivity index (χ2n) is 8.51. The quantitative estimate of drug-likeness (QED) is 0.519. The maximum absolute atomic E-state index is 4.67. The molecule has 150 valence electrons. The summed E-state index contributed by atoms with van der Waals surface area (Å²) in [6, 6.07) is 11.7. The summed E-state index contributed by atoms with van der Waals surface area (Å²) >= 11 is 0. The largest absolute Gasteiger partial charge is 0.363 e. The van der Waals surface area contributed by atoms with Crippen molar-refractivity contribution in [1.29, 1.82) is 0 Å². The van der Waals surface area contributed by atoms with E-state index in [1.54, 1.807) is 0 Å². The molecule has 1 fully saturated rings. The van der Waals surface area contributed by atoms with Crippen molar-refractivity contribution in [2.75, 3.05) is 11.4 Å². The molecule has 2 aliphatic heterocycles. The van der Waals surface area contributed by atoms with Crippen LogP contribution in [0, 0.1) is 6.92 Å². The molecular formula is C25H25N5. The van der Waals surface area contributed by atoms with E-state index in [1.807, 2.05) is 24.8 Å². The number of nitrogens with one attached hydrogen (secondary N) is 2. The first-order chi connectivity index (χ1) is 14.8. The van der Waals surface area contributed by atoms with Crippen LogP contribution in [-0.4, -0.2) is 21.5 Å². The highest BCUT2D eigenvalue weighted by atomic mass is 15.1. The van der Waals surface area contributed by atoms with Crippen molar-refractivity contribution in [3.05, 3.63) is 77.4 Å². The number of benzene rings is 1. The van der Waals surface area contributed by atoms with Gasteiger partial charge in [0.15, 0.2) is 0 Å². The predicted molar refractivity (Wildman–Crippen MR) is 120 cm³/mol. The van der Waals surface area contributed by atoms with Gasteiger partial charge in [0, 0.05) is 60.6 Å². The first kappa shape index (κ1) is 17.7. The van der Waals surface area contributed by atoms with Crippen molar-refractivity contribution in [1.82, 2.24) is 20.3 Å². The van der Waals surface area contributed by atoms with Crippen molar-refractivity contribution >= 4 is 16.7 Å². The number of H-pyrrole nitrogens is 1. The molecule has 3 aromatic heterocycles. The summed E-state index contributed by atoms with van der Waals surface area (Å²) in [5.74, 6) is 0. The Morgan fingerprint density at radius 3 is 2.80 bits per heavy atom. The second-order valence-corrected chi connectivity index (χ2v) is 8.51. The van der Waals surface area contributed by atoms with Crippen molar-refractivity contribution in [3.63, 3.8) is 0 Å². The van der Waals surface area contributed by atoms with E-state index < -0.39 is 0 Å². The number of aryl methyl sites for hydroxylation is 1. The summed E-state index contributed by atoms with van der Waals surface area (Å²) in [7, 11) is 0. The zero-order chi connectivity index (χ0) is 20.1. The molecule has 0 amide bonds. The zero-order valence-electron chi connectivity index (χ0n) is 17.2. The Balaban J connectivity index is 1.46. The molecule has 5 heteroatoms. The smallest absolute Gasteiger partial charge is 0.137 e. The summed E-state index contributed by atoms with van der Waals surface area (Å²) in [5, 5.41) is 4.92. The maximum Gasteiger partial charge on any atom is 0.137 e. The summed E-state index contributed by atoms with van der Waals surface area (Å²) in [6.07, 6.45) is 10.2. The second kappa shape index (κ2) is 6.96. The van der Waals surface area contributed by atoms with Crippen LogP contribution >= 0.6 is 0 Å². The van der Waals surface area contributed by atoms with E-state index in [0.29, 0.717) is 6.04 Å². The van der Waals surface area contributed by atoms with E-state index in [2.05, 4.69) is 62.4 Å². The number of nitrogens with zero attached hydrogens (tertiary/aromatic N) is 3. The highest BCUT2D eigenvalue weighted by Crippen LogP contribution is 2.38. The monoisotopic (exact) mass is 395 g/mol. The zero-order valence-corrected chi connectivity index (χ0v) is 17.2. The minimum atomic E-state index is 0.446. The summed E-state index contributed by atoms with van der Waals surface area (Å²) in [5.41, 5.74) is 10.3. The van der Waals surface area contributed by atoms with Gasteiger partial charge in [-0.05, 0) is 84.5 Å². The number of hydrogen-bond acceptors (Lipinski definition) is 4. The molecule has 4 aromatic rings. The van der Waals surface area contributed by atoms with Gasteiger partial charge in [0.25, 0.3) is 0 Å². The molecular weight excluding hydrogens is 370 g/mol. The summed E-state index contributed by atoms with van der Waals surface area (Å²) < 4.78 is 0. The minimum Gasteiger partial charge on any atom is -0.363 e. The Morgan fingerprint density at radius 2 is 1.97 bits per heavy atom. The molecule has 2 aliphatic rings. The molecule has 1 saturated heterocycles. The number of aromatic nitrogens is 3. The van der Waals surface area contributed by atoms with E-state index in [0.717, 1.165) is 25.3 Å². The molecule has 0 saturated carbocycles. The average molecular weight is 396 g/mol. The van der Waals surface area contributed by atoms with E-state index in [1.165, 1.54) is 57.3 Å². The predicted octanol–water partition coefficient (Wildman–Crippen LogP) is 4.88. The van der Waals surface area contributed by atoms with Crippen LogP contribution in [0.1, 0.15) is 41.1 Å². The molecule has 2 N–H and O–H groups in total. The normalized spacial score (nSPS) is 18.3. The van der Waals surface area contributed by atoms with Crippen LogP contribution in [0.2, 0.25) is 0 Å². The third-order valence-corrected chi connectivity index (χ3v) is 6.62. The molecule has 0 spiro atoms. The molecule has 30 heavy (non-hydrogen) atoms. The molecule has 0 bridgehead atoms. The highest BCUT2D eigenvalue weighted by molar-refractivity contribution is 5.84. The SMILES string of the molecule is Cc1c[nH]c2ncc(-c3cc4c(c([C@@H]5CCCN5)c3)CN(c3ccncc3)C4)cc12. The van der Waals surface area contributed by atoms with Gasteiger partial charge in [0.2, 0.25) is 0 Å². The van der Waals surface area contributed by atoms with Gasteiger partial charge in [0.05, 0.1) is 0 Å². The van der Waals surface area contributed by atoms with Crippen LogP contribution in [0.25, 0.3) is 22.2 Å². The van der Waals surface area contributed by atoms with Crippen molar-refractivity contribution in [2.24, 2.45) is 0 Å². The van der Waals surface area contributed by atoms with Crippen molar-refractivity contribution in [3.8, 4) is 11.1 Å². The van der Waals surface area contributed by atoms with Crippen LogP contribution in [0.4, 0.5) is 5.69 Å². The number of hydrogen-bond donors (Lipinski definition) is 2. The number of anilines is 1. The molecule has 5 nitrogen and oxygen atoms in total. The fraction of sp³-hybridized carbons (Fsp3) is 0.280. The van der Waals surface area contributed by atoms with Gasteiger partial charge < -0.3 is 15.2 Å². The van der Waals surface area contributed by atoms with E-state index in [9.17, 15) is 0 Å². The third kappa shape index (κ3) is 2.89. The average Bonchev–Trinajstić information content (AvgIpc) is 3.54. The first-order valence-corrected chi connectivity index (χ1v) is 10.7. The van der Waals surface area contributed by atoms with Crippen LogP contribution in [0.15, 0.2) is 55.1 Å². The van der Waals surface area contributed by atoms with Crippen LogP contribution in [0.5, 0.6) is 0 Å². The van der Waals surface area contributed by atoms with E-state index in [-0.39, 0.29) is 0 Å². The summed E-state index contributed by atoms with van der Waals surface area (Å²) in [6.45, 7) is 5.13.